The molecule has 0 aromatic carbocycles. The van der Waals surface area contributed by atoms with Crippen LogP contribution in [0.25, 0.3) is 0 Å². The summed E-state index contributed by atoms with van der Waals surface area (Å²) in [5.41, 5.74) is 0. The molecule has 0 spiro atoms. The molecule has 4 nitrogen and oxygen atoms in total. The molecule has 15 heavy (non-hydrogen) atoms. The molecule has 2 N–H and O–H groups in total. The molecule has 1 rings (SSSR count). The first-order chi connectivity index (χ1) is 6.55. The van der Waals surface area contributed by atoms with Crippen LogP contribution in [-0.2, 0) is 4.79 Å². The molecule has 0 radical (unpaired) electrons. The minimum absolute atomic E-state index is 0. The van der Waals surface area contributed by atoms with Crippen LogP contribution < -0.4 is 10.6 Å². The molecular weight excluding hydrogens is 284 g/mol. The van der Waals surface area contributed by atoms with Crippen LogP contribution in [0.1, 0.15) is 0 Å². The van der Waals surface area contributed by atoms with Gasteiger partial charge in [0.1, 0.15) is 6.17 Å². The van der Waals surface area contributed by atoms with Crippen molar-refractivity contribution >= 4 is 53.6 Å². The monoisotopic (exact) mass is 295 g/mol. The molecule has 1 atom stereocenters. The Morgan fingerprint density at radius 1 is 1.33 bits per heavy atom. The maximum Gasteiger partial charge on any atom is 0.223 e. The first-order valence-corrected chi connectivity index (χ1v) is 5.40. The van der Waals surface area contributed by atoms with Crippen LogP contribution in [0, 0.1) is 0 Å². The van der Waals surface area contributed by atoms with Crippen LogP contribution in [0.2, 0.25) is 0 Å². The van der Waals surface area contributed by atoms with E-state index in [2.05, 4.69) is 10.6 Å². The molecule has 8 heteroatoms. The highest BCUT2D eigenvalue weighted by Gasteiger charge is 2.37. The highest BCUT2D eigenvalue weighted by Crippen LogP contribution is 2.31. The molecule has 1 aliphatic rings. The van der Waals surface area contributed by atoms with Crippen molar-refractivity contribution in [1.82, 2.24) is 15.5 Å². The topological polar surface area (TPSA) is 44.4 Å². The number of nitrogens with one attached hydrogen (secondary N) is 2. The summed E-state index contributed by atoms with van der Waals surface area (Å²) in [6.45, 7) is 3.16. The van der Waals surface area contributed by atoms with Gasteiger partial charge in [0.15, 0.2) is 0 Å². The van der Waals surface area contributed by atoms with Crippen molar-refractivity contribution in [2.75, 3.05) is 26.2 Å². The summed E-state index contributed by atoms with van der Waals surface area (Å²) in [4.78, 5) is 12.3. The van der Waals surface area contributed by atoms with E-state index in [-0.39, 0.29) is 12.4 Å². The normalized spacial score (nSPS) is 20.2. The molecule has 0 saturated carbocycles. The lowest BCUT2D eigenvalue weighted by molar-refractivity contribution is -0.111. The van der Waals surface area contributed by atoms with Gasteiger partial charge in [-0.1, -0.05) is 34.8 Å². The number of rotatable bonds is 3. The first-order valence-electron chi connectivity index (χ1n) is 4.27. The van der Waals surface area contributed by atoms with Gasteiger partial charge in [0.25, 0.3) is 0 Å². The molecule has 1 fully saturated rings. The lowest BCUT2D eigenvalue weighted by Gasteiger charge is -2.37. The zero-order valence-electron chi connectivity index (χ0n) is 7.88. The van der Waals surface area contributed by atoms with E-state index in [9.17, 15) is 4.79 Å². The van der Waals surface area contributed by atoms with Gasteiger partial charge in [-0.2, -0.15) is 0 Å². The summed E-state index contributed by atoms with van der Waals surface area (Å²) >= 11 is 17.3. The minimum atomic E-state index is -1.50. The summed E-state index contributed by atoms with van der Waals surface area (Å²) in [5.74, 6) is 0. The van der Waals surface area contributed by atoms with E-state index in [0.29, 0.717) is 6.41 Å². The molecule has 0 aromatic heterocycles. The Bertz CT molecular complexity index is 193. The van der Waals surface area contributed by atoms with Crippen molar-refractivity contribution in [1.29, 1.82) is 0 Å². The standard InChI is InChI=1S/C7H12Cl3N3O.ClH/c8-7(9,10)6(12-5-14)13-3-1-11-2-4-13;/h5-6,11H,1-4H2,(H,12,14);1H. The highest BCUT2D eigenvalue weighted by atomic mass is 35.6. The van der Waals surface area contributed by atoms with E-state index in [1.807, 2.05) is 4.90 Å². The Hall–Kier alpha value is 0.550. The van der Waals surface area contributed by atoms with E-state index >= 15 is 0 Å². The van der Waals surface area contributed by atoms with Gasteiger partial charge in [-0.3, -0.25) is 9.69 Å². The van der Waals surface area contributed by atoms with E-state index in [1.165, 1.54) is 0 Å². The van der Waals surface area contributed by atoms with Crippen LogP contribution in [0.5, 0.6) is 0 Å². The van der Waals surface area contributed by atoms with Gasteiger partial charge in [0.05, 0.1) is 0 Å². The highest BCUT2D eigenvalue weighted by molar-refractivity contribution is 6.68. The van der Waals surface area contributed by atoms with Crippen molar-refractivity contribution in [3.05, 3.63) is 0 Å². The zero-order chi connectivity index (χ0) is 10.6. The van der Waals surface area contributed by atoms with Crippen LogP contribution in [-0.4, -0.2) is 47.4 Å². The second-order valence-corrected chi connectivity index (χ2v) is 5.38. The second-order valence-electron chi connectivity index (χ2n) is 3.01. The van der Waals surface area contributed by atoms with Crippen molar-refractivity contribution in [2.24, 2.45) is 0 Å². The number of hydrogen-bond acceptors (Lipinski definition) is 3. The number of hydrogen-bond donors (Lipinski definition) is 2. The molecule has 90 valence electrons. The fourth-order valence-corrected chi connectivity index (χ4v) is 2.01. The first kappa shape index (κ1) is 15.6. The Labute approximate surface area is 110 Å². The number of halogens is 4. The molecular formula is C7H13Cl4N3O. The Morgan fingerprint density at radius 2 is 1.87 bits per heavy atom. The summed E-state index contributed by atoms with van der Waals surface area (Å²) in [6.07, 6.45) is -0.0127. The number of carbonyl (C=O) groups excluding carboxylic acids is 1. The average Bonchev–Trinajstić information content (AvgIpc) is 2.14. The number of alkyl halides is 3. The van der Waals surface area contributed by atoms with Crippen LogP contribution in [0.3, 0.4) is 0 Å². The van der Waals surface area contributed by atoms with E-state index < -0.39 is 9.96 Å². The number of piperazine rings is 1. The third-order valence-electron chi connectivity index (χ3n) is 2.05. The molecule has 1 heterocycles. The maximum atomic E-state index is 10.4. The fourth-order valence-electron chi connectivity index (χ4n) is 1.41. The smallest absolute Gasteiger partial charge is 0.223 e. The Balaban J connectivity index is 0.00000196. The predicted octanol–water partition coefficient (Wildman–Crippen LogP) is 0.756. The second kappa shape index (κ2) is 6.99. The summed E-state index contributed by atoms with van der Waals surface area (Å²) in [5, 5.41) is 5.69. The van der Waals surface area contributed by atoms with Crippen LogP contribution in [0.15, 0.2) is 0 Å². The molecule has 1 unspecified atom stereocenters. The van der Waals surface area contributed by atoms with E-state index in [1.54, 1.807) is 0 Å². The third-order valence-corrected chi connectivity index (χ3v) is 2.67. The van der Waals surface area contributed by atoms with Crippen molar-refractivity contribution < 1.29 is 4.79 Å². The minimum Gasteiger partial charge on any atom is -0.339 e. The molecule has 0 aliphatic carbocycles. The number of amides is 1. The van der Waals surface area contributed by atoms with E-state index in [4.69, 9.17) is 34.8 Å². The van der Waals surface area contributed by atoms with Gasteiger partial charge in [-0.15, -0.1) is 12.4 Å². The Morgan fingerprint density at radius 3 is 2.27 bits per heavy atom. The lowest BCUT2D eigenvalue weighted by atomic mass is 10.3. The molecule has 1 saturated heterocycles. The SMILES string of the molecule is Cl.O=CNC(N1CCNCC1)C(Cl)(Cl)Cl. The van der Waals surface area contributed by atoms with Gasteiger partial charge in [-0.05, 0) is 0 Å². The molecule has 0 aromatic rings. The maximum absolute atomic E-state index is 10.4. The number of nitrogens with zero attached hydrogens (tertiary/aromatic N) is 1. The summed E-state index contributed by atoms with van der Waals surface area (Å²) < 4.78 is -1.50. The predicted molar refractivity (Wildman–Crippen MR) is 65.0 cm³/mol. The van der Waals surface area contributed by atoms with Gasteiger partial charge in [0.2, 0.25) is 10.2 Å². The average molecular weight is 297 g/mol. The quantitative estimate of drug-likeness (QED) is 0.597. The van der Waals surface area contributed by atoms with Crippen molar-refractivity contribution in [3.63, 3.8) is 0 Å². The Kier molecular flexibility index (Phi) is 7.25. The summed E-state index contributed by atoms with van der Waals surface area (Å²) in [7, 11) is 0. The third kappa shape index (κ3) is 4.93. The van der Waals surface area contributed by atoms with Gasteiger partial charge >= 0.3 is 0 Å². The van der Waals surface area contributed by atoms with Crippen LogP contribution in [0.4, 0.5) is 0 Å². The van der Waals surface area contributed by atoms with Crippen LogP contribution >= 0.6 is 47.2 Å². The summed E-state index contributed by atoms with van der Waals surface area (Å²) in [6, 6.07) is 0. The molecule has 1 aliphatic heterocycles. The fraction of sp³-hybridized carbons (Fsp3) is 0.857. The van der Waals surface area contributed by atoms with Crippen molar-refractivity contribution in [2.45, 2.75) is 9.96 Å². The zero-order valence-corrected chi connectivity index (χ0v) is 11.0. The van der Waals surface area contributed by atoms with Gasteiger partial charge in [0, 0.05) is 26.2 Å². The van der Waals surface area contributed by atoms with Gasteiger partial charge < -0.3 is 10.6 Å². The molecule has 0 bridgehead atoms. The largest absolute Gasteiger partial charge is 0.339 e. The number of carbonyl (C=O) groups is 1. The van der Waals surface area contributed by atoms with Gasteiger partial charge in [-0.25, -0.2) is 0 Å². The van der Waals surface area contributed by atoms with Crippen molar-refractivity contribution in [3.8, 4) is 0 Å². The lowest BCUT2D eigenvalue weighted by Crippen LogP contribution is -2.58. The molecule has 1 amide bonds. The van der Waals surface area contributed by atoms with E-state index in [0.717, 1.165) is 26.2 Å².